The molecule has 41 heavy (non-hydrogen) atoms. The lowest BCUT2D eigenvalue weighted by molar-refractivity contribution is -0.139. The fraction of sp³-hybridized carbons (Fsp3) is 0.355. The molecule has 1 aliphatic carbocycles. The largest absolute Gasteiger partial charge is 0.497 e. The zero-order valence-electron chi connectivity index (χ0n) is 23.7. The summed E-state index contributed by atoms with van der Waals surface area (Å²) in [6.45, 7) is 1.24. The lowest BCUT2D eigenvalue weighted by atomic mass is 10.1. The number of amides is 2. The molecule has 0 saturated heterocycles. The Morgan fingerprint density at radius 1 is 0.902 bits per heavy atom. The van der Waals surface area contributed by atoms with E-state index in [1.165, 1.54) is 24.1 Å². The topological polar surface area (TPSA) is 105 Å². The first-order chi connectivity index (χ1) is 19.7. The van der Waals surface area contributed by atoms with E-state index in [0.717, 1.165) is 35.6 Å². The van der Waals surface area contributed by atoms with Crippen molar-refractivity contribution in [2.75, 3.05) is 25.1 Å². The van der Waals surface area contributed by atoms with Gasteiger partial charge in [-0.25, -0.2) is 8.42 Å². The molecule has 1 fully saturated rings. The van der Waals surface area contributed by atoms with Gasteiger partial charge in [-0.1, -0.05) is 49.2 Å². The predicted octanol–water partition coefficient (Wildman–Crippen LogP) is 4.38. The Balaban J connectivity index is 1.70. The number of hydrogen-bond acceptors (Lipinski definition) is 6. The molecule has 0 bridgehead atoms. The fourth-order valence-corrected chi connectivity index (χ4v) is 6.38. The van der Waals surface area contributed by atoms with E-state index in [-0.39, 0.29) is 29.1 Å². The van der Waals surface area contributed by atoms with E-state index < -0.39 is 28.5 Å². The van der Waals surface area contributed by atoms with E-state index in [1.54, 1.807) is 68.6 Å². The molecule has 10 heteroatoms. The SMILES string of the molecule is COc1cccc(CN(C(=O)CN(c2cccc(OC)c2)S(=O)(=O)c2ccccc2)C(C)C(=O)NC2CCCC2)c1. The molecule has 9 nitrogen and oxygen atoms in total. The van der Waals surface area contributed by atoms with E-state index in [1.807, 2.05) is 12.1 Å². The normalized spacial score (nSPS) is 14.2. The Hall–Kier alpha value is -4.05. The molecule has 1 unspecified atom stereocenters. The number of nitrogens with one attached hydrogen (secondary N) is 1. The summed E-state index contributed by atoms with van der Waals surface area (Å²) in [4.78, 5) is 28.9. The second-order valence-corrected chi connectivity index (χ2v) is 11.9. The van der Waals surface area contributed by atoms with Crippen LogP contribution in [-0.2, 0) is 26.2 Å². The van der Waals surface area contributed by atoms with Crippen molar-refractivity contribution in [3.05, 3.63) is 84.4 Å². The van der Waals surface area contributed by atoms with Crippen LogP contribution < -0.4 is 19.1 Å². The van der Waals surface area contributed by atoms with Gasteiger partial charge in [0.15, 0.2) is 0 Å². The second kappa shape index (κ2) is 13.5. The Kier molecular flexibility index (Phi) is 9.88. The summed E-state index contributed by atoms with van der Waals surface area (Å²) in [7, 11) is -1.10. The molecule has 0 radical (unpaired) electrons. The number of anilines is 1. The summed E-state index contributed by atoms with van der Waals surface area (Å²) in [6.07, 6.45) is 3.92. The van der Waals surface area contributed by atoms with Crippen LogP contribution in [0, 0.1) is 0 Å². The van der Waals surface area contributed by atoms with Crippen LogP contribution in [0.2, 0.25) is 0 Å². The van der Waals surface area contributed by atoms with E-state index in [0.29, 0.717) is 11.5 Å². The number of sulfonamides is 1. The highest BCUT2D eigenvalue weighted by molar-refractivity contribution is 7.92. The third-order valence-corrected chi connectivity index (χ3v) is 9.10. The molecule has 2 amide bonds. The average Bonchev–Trinajstić information content (AvgIpc) is 3.51. The Labute approximate surface area is 242 Å². The number of carbonyl (C=O) groups is 2. The van der Waals surface area contributed by atoms with Crippen molar-refractivity contribution < 1.29 is 27.5 Å². The van der Waals surface area contributed by atoms with E-state index in [2.05, 4.69) is 5.32 Å². The van der Waals surface area contributed by atoms with Crippen LogP contribution in [-0.4, -0.2) is 58.0 Å². The molecule has 3 aromatic carbocycles. The summed E-state index contributed by atoms with van der Waals surface area (Å²) < 4.78 is 39.5. The highest BCUT2D eigenvalue weighted by atomic mass is 32.2. The fourth-order valence-electron chi connectivity index (χ4n) is 4.96. The zero-order chi connectivity index (χ0) is 29.4. The molecule has 0 spiro atoms. The van der Waals surface area contributed by atoms with Crippen LogP contribution in [0.5, 0.6) is 11.5 Å². The van der Waals surface area contributed by atoms with Gasteiger partial charge in [-0.15, -0.1) is 0 Å². The van der Waals surface area contributed by atoms with Gasteiger partial charge >= 0.3 is 0 Å². The van der Waals surface area contributed by atoms with Gasteiger partial charge < -0.3 is 19.7 Å². The zero-order valence-corrected chi connectivity index (χ0v) is 24.5. The maximum atomic E-state index is 14.1. The van der Waals surface area contributed by atoms with Crippen LogP contribution in [0.3, 0.4) is 0 Å². The van der Waals surface area contributed by atoms with Crippen LogP contribution >= 0.6 is 0 Å². The van der Waals surface area contributed by atoms with Gasteiger partial charge in [0.05, 0.1) is 24.8 Å². The summed E-state index contributed by atoms with van der Waals surface area (Å²) in [5.41, 5.74) is 1.02. The van der Waals surface area contributed by atoms with Crippen LogP contribution in [0.4, 0.5) is 5.69 Å². The molecule has 1 saturated carbocycles. The van der Waals surface area contributed by atoms with Gasteiger partial charge in [0, 0.05) is 18.7 Å². The maximum Gasteiger partial charge on any atom is 0.264 e. The molecule has 218 valence electrons. The first kappa shape index (κ1) is 29.9. The number of benzene rings is 3. The van der Waals surface area contributed by atoms with Gasteiger partial charge in [0.25, 0.3) is 10.0 Å². The minimum Gasteiger partial charge on any atom is -0.497 e. The van der Waals surface area contributed by atoms with Crippen molar-refractivity contribution in [3.8, 4) is 11.5 Å². The summed E-state index contributed by atoms with van der Waals surface area (Å²) in [5, 5.41) is 3.07. The highest BCUT2D eigenvalue weighted by Crippen LogP contribution is 2.28. The Bertz CT molecular complexity index is 1440. The molecule has 1 aliphatic rings. The Morgan fingerprint density at radius 2 is 1.54 bits per heavy atom. The first-order valence-electron chi connectivity index (χ1n) is 13.7. The number of carbonyl (C=O) groups excluding carboxylic acids is 2. The van der Waals surface area contributed by atoms with Crippen molar-refractivity contribution in [1.29, 1.82) is 0 Å². The van der Waals surface area contributed by atoms with Gasteiger partial charge in [0.1, 0.15) is 24.1 Å². The molecular formula is C31H37N3O6S. The van der Waals surface area contributed by atoms with Gasteiger partial charge in [-0.2, -0.15) is 0 Å². The molecule has 0 aliphatic heterocycles. The summed E-state index contributed by atoms with van der Waals surface area (Å²) >= 11 is 0. The third-order valence-electron chi connectivity index (χ3n) is 7.31. The maximum absolute atomic E-state index is 14.1. The van der Waals surface area contributed by atoms with Gasteiger partial charge in [-0.3, -0.25) is 13.9 Å². The molecule has 4 rings (SSSR count). The summed E-state index contributed by atoms with van der Waals surface area (Å²) in [6, 6.07) is 20.9. The molecule has 0 heterocycles. The third kappa shape index (κ3) is 7.38. The van der Waals surface area contributed by atoms with Crippen LogP contribution in [0.15, 0.2) is 83.8 Å². The number of ether oxygens (including phenoxy) is 2. The van der Waals surface area contributed by atoms with Crippen molar-refractivity contribution in [1.82, 2.24) is 10.2 Å². The van der Waals surface area contributed by atoms with Crippen molar-refractivity contribution >= 4 is 27.5 Å². The first-order valence-corrected chi connectivity index (χ1v) is 15.1. The lowest BCUT2D eigenvalue weighted by Gasteiger charge is -2.32. The monoisotopic (exact) mass is 579 g/mol. The molecule has 1 N–H and O–H groups in total. The lowest BCUT2D eigenvalue weighted by Crippen LogP contribution is -2.52. The van der Waals surface area contributed by atoms with E-state index >= 15 is 0 Å². The van der Waals surface area contributed by atoms with Crippen molar-refractivity contribution in [3.63, 3.8) is 0 Å². The smallest absolute Gasteiger partial charge is 0.264 e. The van der Waals surface area contributed by atoms with E-state index in [9.17, 15) is 18.0 Å². The van der Waals surface area contributed by atoms with E-state index in [4.69, 9.17) is 9.47 Å². The molecule has 1 atom stereocenters. The minimum atomic E-state index is -4.15. The minimum absolute atomic E-state index is 0.0435. The highest BCUT2D eigenvalue weighted by Gasteiger charge is 2.33. The predicted molar refractivity (Wildman–Crippen MR) is 157 cm³/mol. The van der Waals surface area contributed by atoms with Gasteiger partial charge in [-0.05, 0) is 61.7 Å². The number of rotatable bonds is 12. The molecule has 3 aromatic rings. The second-order valence-electron chi connectivity index (χ2n) is 10.1. The molecular weight excluding hydrogens is 542 g/mol. The number of hydrogen-bond donors (Lipinski definition) is 1. The standard InChI is InChI=1S/C31H37N3O6S/c1-23(31(36)32-25-12-7-8-13-25)33(21-24-11-9-15-27(19-24)39-2)30(35)22-34(26-14-10-16-28(20-26)40-3)41(37,38)29-17-5-4-6-18-29/h4-6,9-11,14-20,23,25H,7-8,12-13,21-22H2,1-3H3,(H,32,36). The van der Waals surface area contributed by atoms with Gasteiger partial charge in [0.2, 0.25) is 11.8 Å². The van der Waals surface area contributed by atoms with Crippen molar-refractivity contribution in [2.24, 2.45) is 0 Å². The average molecular weight is 580 g/mol. The summed E-state index contributed by atoms with van der Waals surface area (Å²) in [5.74, 6) is 0.264. The van der Waals surface area contributed by atoms with Crippen LogP contribution in [0.1, 0.15) is 38.2 Å². The molecule has 0 aromatic heterocycles. The number of methoxy groups -OCH3 is 2. The van der Waals surface area contributed by atoms with Crippen molar-refractivity contribution in [2.45, 2.75) is 56.1 Å². The van der Waals surface area contributed by atoms with Crippen LogP contribution in [0.25, 0.3) is 0 Å². The Morgan fingerprint density at radius 3 is 2.20 bits per heavy atom. The quantitative estimate of drug-likeness (QED) is 0.342. The number of nitrogens with zero attached hydrogens (tertiary/aromatic N) is 2.